The molecule has 2 aliphatic heterocycles. The van der Waals surface area contributed by atoms with Crippen LogP contribution in [0.1, 0.15) is 72.4 Å². The van der Waals surface area contributed by atoms with Crippen molar-refractivity contribution in [3.05, 3.63) is 131 Å². The zero-order valence-electron chi connectivity index (χ0n) is 28.7. The Morgan fingerprint density at radius 3 is 1.24 bits per heavy atom. The molecule has 4 aromatic carbocycles. The lowest BCUT2D eigenvalue weighted by molar-refractivity contribution is -0.112. The van der Waals surface area contributed by atoms with E-state index < -0.39 is 0 Å². The molecule has 50 heavy (non-hydrogen) atoms. The smallest absolute Gasteiger partial charge is 0.252 e. The molecule has 4 amide bonds. The maximum atomic E-state index is 13.7. The van der Waals surface area contributed by atoms with Crippen LogP contribution in [0.3, 0.4) is 0 Å². The summed E-state index contributed by atoms with van der Waals surface area (Å²) in [4.78, 5) is 53.2. The molecule has 0 saturated carbocycles. The zero-order valence-corrected chi connectivity index (χ0v) is 28.7. The van der Waals surface area contributed by atoms with Crippen LogP contribution in [0.2, 0.25) is 0 Å². The summed E-state index contributed by atoms with van der Waals surface area (Å²) in [5.74, 6) is -0.711. The Labute approximate surface area is 293 Å². The monoisotopic (exact) mass is 666 g/mol. The van der Waals surface area contributed by atoms with Gasteiger partial charge in [-0.1, -0.05) is 113 Å². The molecule has 0 bridgehead atoms. The molecule has 4 atom stereocenters. The number of carbonyl (C=O) groups is 4. The molecule has 8 nitrogen and oxygen atoms in total. The SMILES string of the molecule is CC[C@H](C)C1NC(=O)c2ccccc2/C1=C/C(=O)Nc1ccccc1-c1ccccc1NC(=O)/C=C1/c2ccccc2C(=O)NC1[C@@H](C)CC. The summed E-state index contributed by atoms with van der Waals surface area (Å²) < 4.78 is 0. The highest BCUT2D eigenvalue weighted by Gasteiger charge is 2.33. The minimum Gasteiger partial charge on any atom is -0.345 e. The standard InChI is InChI=1S/C42H42N4O4/c1-5-25(3)39-33(27-15-7-9-19-31(27)41(49)45-39)23-37(47)43-35-21-13-11-17-29(35)30-18-12-14-22-36(30)44-38(48)24-34-28-16-8-10-20-32(28)42(50)46-40(34)26(4)6-2/h7-26,39-40H,5-6H2,1-4H3,(H,43,47)(H,44,48)(H,45,49)(H,46,50)/b33-23-,34-24-/t25-,26-,39?,40?/m0/s1. The summed E-state index contributed by atoms with van der Waals surface area (Å²) in [6, 6.07) is 29.0. The van der Waals surface area contributed by atoms with Crippen LogP contribution in [0, 0.1) is 11.8 Å². The van der Waals surface area contributed by atoms with Crippen molar-refractivity contribution in [1.82, 2.24) is 10.6 Å². The van der Waals surface area contributed by atoms with Crippen molar-refractivity contribution >= 4 is 46.1 Å². The van der Waals surface area contributed by atoms with Crippen LogP contribution < -0.4 is 21.3 Å². The van der Waals surface area contributed by atoms with Gasteiger partial charge >= 0.3 is 0 Å². The van der Waals surface area contributed by atoms with E-state index in [1.807, 2.05) is 84.9 Å². The molecule has 4 aromatic rings. The predicted octanol–water partition coefficient (Wildman–Crippen LogP) is 7.71. The van der Waals surface area contributed by atoms with Crippen LogP contribution in [-0.4, -0.2) is 35.7 Å². The van der Waals surface area contributed by atoms with Crippen molar-refractivity contribution in [3.8, 4) is 11.1 Å². The van der Waals surface area contributed by atoms with E-state index >= 15 is 0 Å². The molecule has 8 heteroatoms. The fourth-order valence-corrected chi connectivity index (χ4v) is 6.77. The first-order valence-electron chi connectivity index (χ1n) is 17.2. The van der Waals surface area contributed by atoms with E-state index in [0.29, 0.717) is 22.5 Å². The van der Waals surface area contributed by atoms with Gasteiger partial charge in [0.05, 0.1) is 12.1 Å². The van der Waals surface area contributed by atoms with Crippen LogP contribution in [0.25, 0.3) is 22.3 Å². The average molecular weight is 667 g/mol. The van der Waals surface area contributed by atoms with Gasteiger partial charge in [0.1, 0.15) is 0 Å². The first-order chi connectivity index (χ1) is 24.2. The minimum atomic E-state index is -0.327. The van der Waals surface area contributed by atoms with Crippen molar-refractivity contribution in [2.45, 2.75) is 52.6 Å². The summed E-state index contributed by atoms with van der Waals surface area (Å²) in [5.41, 5.74) is 6.72. The summed E-state index contributed by atoms with van der Waals surface area (Å²) in [5, 5.41) is 12.3. The number of fused-ring (bicyclic) bond motifs is 2. The Morgan fingerprint density at radius 2 is 0.880 bits per heavy atom. The quantitative estimate of drug-likeness (QED) is 0.137. The molecule has 2 unspecified atom stereocenters. The molecule has 2 aliphatic rings. The molecule has 0 fully saturated rings. The highest BCUT2D eigenvalue weighted by atomic mass is 16.2. The Kier molecular flexibility index (Phi) is 10.1. The predicted molar refractivity (Wildman–Crippen MR) is 199 cm³/mol. The van der Waals surface area contributed by atoms with Crippen molar-refractivity contribution in [3.63, 3.8) is 0 Å². The first-order valence-corrected chi connectivity index (χ1v) is 17.2. The van der Waals surface area contributed by atoms with Crippen LogP contribution in [0.15, 0.2) is 109 Å². The summed E-state index contributed by atoms with van der Waals surface area (Å²) in [6.45, 7) is 8.26. The van der Waals surface area contributed by atoms with Crippen molar-refractivity contribution in [1.29, 1.82) is 0 Å². The first kappa shape index (κ1) is 34.1. The second-order valence-electron chi connectivity index (χ2n) is 13.0. The molecule has 4 N–H and O–H groups in total. The normalized spacial score (nSPS) is 19.4. The fourth-order valence-electron chi connectivity index (χ4n) is 6.77. The van der Waals surface area contributed by atoms with Gasteiger partial charge in [0.15, 0.2) is 0 Å². The number of carbonyl (C=O) groups excluding carboxylic acids is 4. The number of hydrogen-bond acceptors (Lipinski definition) is 4. The molecule has 2 heterocycles. The van der Waals surface area contributed by atoms with Crippen molar-refractivity contribution in [2.75, 3.05) is 10.6 Å². The molecular formula is C42H42N4O4. The van der Waals surface area contributed by atoms with Crippen LogP contribution in [-0.2, 0) is 9.59 Å². The Hall–Kier alpha value is -5.76. The molecule has 0 radical (unpaired) electrons. The van der Waals surface area contributed by atoms with Gasteiger partial charge in [0.2, 0.25) is 11.8 Å². The third-order valence-corrected chi connectivity index (χ3v) is 9.87. The number of anilines is 2. The number of nitrogens with one attached hydrogen (secondary N) is 4. The minimum absolute atomic E-state index is 0.114. The summed E-state index contributed by atoms with van der Waals surface area (Å²) in [7, 11) is 0. The van der Waals surface area contributed by atoms with Gasteiger partial charge in [-0.15, -0.1) is 0 Å². The number of amides is 4. The average Bonchev–Trinajstić information content (AvgIpc) is 3.13. The highest BCUT2D eigenvalue weighted by molar-refractivity contribution is 6.13. The maximum Gasteiger partial charge on any atom is 0.252 e. The van der Waals surface area contributed by atoms with Gasteiger partial charge in [-0.3, -0.25) is 19.2 Å². The topological polar surface area (TPSA) is 116 Å². The van der Waals surface area contributed by atoms with Gasteiger partial charge in [0, 0.05) is 45.8 Å². The van der Waals surface area contributed by atoms with E-state index in [1.165, 1.54) is 0 Å². The van der Waals surface area contributed by atoms with Crippen LogP contribution >= 0.6 is 0 Å². The largest absolute Gasteiger partial charge is 0.345 e. The van der Waals surface area contributed by atoms with E-state index in [4.69, 9.17) is 0 Å². The van der Waals surface area contributed by atoms with Crippen molar-refractivity contribution < 1.29 is 19.2 Å². The lowest BCUT2D eigenvalue weighted by Crippen LogP contribution is -2.44. The van der Waals surface area contributed by atoms with Gasteiger partial charge in [-0.25, -0.2) is 0 Å². The molecule has 0 saturated heterocycles. The number of benzene rings is 4. The molecule has 0 aromatic heterocycles. The lowest BCUT2D eigenvalue weighted by atomic mass is 9.82. The zero-order chi connectivity index (χ0) is 35.4. The van der Waals surface area contributed by atoms with Crippen LogP contribution in [0.5, 0.6) is 0 Å². The van der Waals surface area contributed by atoms with Crippen LogP contribution in [0.4, 0.5) is 11.4 Å². The molecular weight excluding hydrogens is 624 g/mol. The Balaban J connectivity index is 1.31. The molecule has 0 aliphatic carbocycles. The number of para-hydroxylation sites is 2. The van der Waals surface area contributed by atoms with E-state index in [0.717, 1.165) is 46.2 Å². The van der Waals surface area contributed by atoms with E-state index in [1.54, 1.807) is 24.3 Å². The maximum absolute atomic E-state index is 13.7. The van der Waals surface area contributed by atoms with E-state index in [-0.39, 0.29) is 47.5 Å². The second-order valence-corrected chi connectivity index (χ2v) is 13.0. The third-order valence-electron chi connectivity index (χ3n) is 9.87. The number of hydrogen-bond donors (Lipinski definition) is 4. The summed E-state index contributed by atoms with van der Waals surface area (Å²) in [6.07, 6.45) is 4.82. The van der Waals surface area contributed by atoms with Gasteiger partial charge in [-0.2, -0.15) is 0 Å². The van der Waals surface area contributed by atoms with Gasteiger partial charge in [0.25, 0.3) is 11.8 Å². The van der Waals surface area contributed by atoms with Gasteiger partial charge < -0.3 is 21.3 Å². The summed E-state index contributed by atoms with van der Waals surface area (Å²) >= 11 is 0. The lowest BCUT2D eigenvalue weighted by Gasteiger charge is -2.32. The van der Waals surface area contributed by atoms with Gasteiger partial charge in [-0.05, 0) is 58.4 Å². The second kappa shape index (κ2) is 14.8. The molecule has 0 spiro atoms. The van der Waals surface area contributed by atoms with Crippen molar-refractivity contribution in [2.24, 2.45) is 11.8 Å². The third kappa shape index (κ3) is 6.87. The highest BCUT2D eigenvalue weighted by Crippen LogP contribution is 2.36. The van der Waals surface area contributed by atoms with E-state index in [9.17, 15) is 19.2 Å². The Bertz CT molecular complexity index is 1880. The Morgan fingerprint density at radius 1 is 0.560 bits per heavy atom. The van der Waals surface area contributed by atoms with E-state index in [2.05, 4.69) is 49.0 Å². The number of rotatable bonds is 9. The molecule has 254 valence electrons. The molecule has 6 rings (SSSR count). The fraction of sp³-hybridized carbons (Fsp3) is 0.238.